The van der Waals surface area contributed by atoms with Crippen LogP contribution in [0.4, 0.5) is 10.1 Å². The Morgan fingerprint density at radius 1 is 1.22 bits per heavy atom. The summed E-state index contributed by atoms with van der Waals surface area (Å²) in [4.78, 5) is 12.7. The Bertz CT molecular complexity index is 1130. The van der Waals surface area contributed by atoms with Gasteiger partial charge in [-0.15, -0.1) is 0 Å². The van der Waals surface area contributed by atoms with Crippen molar-refractivity contribution in [1.29, 1.82) is 0 Å². The number of benzene rings is 2. The van der Waals surface area contributed by atoms with Crippen molar-refractivity contribution in [2.45, 2.75) is 58.1 Å². The summed E-state index contributed by atoms with van der Waals surface area (Å²) in [7, 11) is -3.47. The quantitative estimate of drug-likeness (QED) is 0.580. The predicted molar refractivity (Wildman–Crippen MR) is 123 cm³/mol. The van der Waals surface area contributed by atoms with Crippen LogP contribution in [0, 0.1) is 11.7 Å². The molecular formula is C24H31FN2O4S. The van der Waals surface area contributed by atoms with Crippen molar-refractivity contribution in [1.82, 2.24) is 5.32 Å². The third-order valence-electron chi connectivity index (χ3n) is 5.81. The number of anilines is 1. The van der Waals surface area contributed by atoms with E-state index in [-0.39, 0.29) is 41.6 Å². The van der Waals surface area contributed by atoms with Gasteiger partial charge in [-0.25, -0.2) is 12.8 Å². The molecule has 2 aromatic carbocycles. The van der Waals surface area contributed by atoms with Crippen molar-refractivity contribution in [3.8, 4) is 0 Å². The van der Waals surface area contributed by atoms with Gasteiger partial charge in [-0.3, -0.25) is 9.52 Å². The van der Waals surface area contributed by atoms with E-state index in [1.165, 1.54) is 0 Å². The summed E-state index contributed by atoms with van der Waals surface area (Å²) < 4.78 is 39.9. The minimum atomic E-state index is -3.47. The van der Waals surface area contributed by atoms with Crippen molar-refractivity contribution in [2.75, 3.05) is 11.0 Å². The molecule has 8 heteroatoms. The summed E-state index contributed by atoms with van der Waals surface area (Å²) in [6.45, 7) is 7.38. The smallest absolute Gasteiger partial charge is 0.229 e. The van der Waals surface area contributed by atoms with Crippen LogP contribution in [-0.4, -0.2) is 25.7 Å². The van der Waals surface area contributed by atoms with E-state index < -0.39 is 10.0 Å². The minimum Gasteiger partial charge on any atom is -0.392 e. The first-order chi connectivity index (χ1) is 14.8. The van der Waals surface area contributed by atoms with E-state index in [1.54, 1.807) is 24.3 Å². The number of hydrogen-bond donors (Lipinski definition) is 3. The first-order valence-electron chi connectivity index (χ1n) is 10.6. The maximum atomic E-state index is 14.5. The van der Waals surface area contributed by atoms with Gasteiger partial charge in [-0.05, 0) is 59.6 Å². The average Bonchev–Trinajstić information content (AvgIpc) is 3.47. The molecule has 6 nitrogen and oxygen atoms in total. The molecule has 0 aliphatic heterocycles. The van der Waals surface area contributed by atoms with Crippen LogP contribution < -0.4 is 10.0 Å². The van der Waals surface area contributed by atoms with E-state index in [9.17, 15) is 22.7 Å². The van der Waals surface area contributed by atoms with Gasteiger partial charge in [0.1, 0.15) is 5.82 Å². The standard InChI is InChI=1S/C24H31FN2O4S/c1-14(15-7-9-22(17(10-15)13-28)27-32(5,30)31)26-23(29)19-12-18(19)16-6-8-20(21(25)11-16)24(2,3)4/h6-11,14,18-19,27-28H,12-13H2,1-5H3,(H,26,29). The Balaban J connectivity index is 1.66. The molecule has 3 atom stereocenters. The van der Waals surface area contributed by atoms with Crippen LogP contribution in [0.25, 0.3) is 0 Å². The molecule has 2 aromatic rings. The van der Waals surface area contributed by atoms with Gasteiger partial charge >= 0.3 is 0 Å². The van der Waals surface area contributed by atoms with E-state index in [2.05, 4.69) is 10.0 Å². The molecule has 174 valence electrons. The number of nitrogens with one attached hydrogen (secondary N) is 2. The molecule has 0 bridgehead atoms. The van der Waals surface area contributed by atoms with Crippen LogP contribution in [0.15, 0.2) is 36.4 Å². The second-order valence-corrected chi connectivity index (χ2v) is 11.4. The summed E-state index contributed by atoms with van der Waals surface area (Å²) in [5.74, 6) is -0.554. The molecule has 1 aliphatic rings. The highest BCUT2D eigenvalue weighted by Gasteiger charge is 2.44. The number of aliphatic hydroxyl groups excluding tert-OH is 1. The van der Waals surface area contributed by atoms with Crippen LogP contribution in [-0.2, 0) is 26.8 Å². The molecular weight excluding hydrogens is 431 g/mol. The number of carbonyl (C=O) groups excluding carboxylic acids is 1. The fraction of sp³-hybridized carbons (Fsp3) is 0.458. The molecule has 32 heavy (non-hydrogen) atoms. The first kappa shape index (κ1) is 24.2. The van der Waals surface area contributed by atoms with E-state index in [0.29, 0.717) is 23.2 Å². The molecule has 0 radical (unpaired) electrons. The van der Waals surface area contributed by atoms with E-state index in [0.717, 1.165) is 17.4 Å². The van der Waals surface area contributed by atoms with Crippen molar-refractivity contribution in [3.05, 3.63) is 64.5 Å². The molecule has 1 fully saturated rings. The number of aliphatic hydroxyl groups is 1. The Hall–Kier alpha value is -2.45. The number of halogens is 1. The van der Waals surface area contributed by atoms with Crippen LogP contribution in [0.1, 0.15) is 68.3 Å². The Morgan fingerprint density at radius 2 is 1.91 bits per heavy atom. The molecule has 1 saturated carbocycles. The second kappa shape index (κ2) is 8.83. The first-order valence-corrected chi connectivity index (χ1v) is 12.5. The Labute approximate surface area is 189 Å². The largest absolute Gasteiger partial charge is 0.392 e. The number of rotatable bonds is 7. The highest BCUT2D eigenvalue weighted by atomic mass is 32.2. The van der Waals surface area contributed by atoms with Gasteiger partial charge in [0.25, 0.3) is 0 Å². The lowest BCUT2D eigenvalue weighted by atomic mass is 9.86. The van der Waals surface area contributed by atoms with Crippen LogP contribution in [0.3, 0.4) is 0 Å². The number of carbonyl (C=O) groups is 1. The molecule has 0 saturated heterocycles. The van der Waals surface area contributed by atoms with Gasteiger partial charge < -0.3 is 10.4 Å². The molecule has 0 aromatic heterocycles. The summed E-state index contributed by atoms with van der Waals surface area (Å²) in [6, 6.07) is 9.88. The van der Waals surface area contributed by atoms with Crippen molar-refractivity contribution in [2.24, 2.45) is 5.92 Å². The fourth-order valence-corrected chi connectivity index (χ4v) is 4.54. The van der Waals surface area contributed by atoms with E-state index in [1.807, 2.05) is 39.8 Å². The van der Waals surface area contributed by atoms with Gasteiger partial charge in [0, 0.05) is 11.5 Å². The summed E-state index contributed by atoms with van der Waals surface area (Å²) in [5, 5.41) is 12.6. The number of amides is 1. The maximum Gasteiger partial charge on any atom is 0.229 e. The zero-order valence-electron chi connectivity index (χ0n) is 19.1. The molecule has 0 heterocycles. The summed E-state index contributed by atoms with van der Waals surface area (Å²) in [6.07, 6.45) is 1.71. The zero-order valence-corrected chi connectivity index (χ0v) is 19.9. The van der Waals surface area contributed by atoms with Crippen LogP contribution in [0.2, 0.25) is 0 Å². The molecule has 3 N–H and O–H groups in total. The molecule has 1 aliphatic carbocycles. The van der Waals surface area contributed by atoms with Gasteiger partial charge in [-0.2, -0.15) is 0 Å². The van der Waals surface area contributed by atoms with E-state index in [4.69, 9.17) is 0 Å². The van der Waals surface area contributed by atoms with Gasteiger partial charge in [0.2, 0.25) is 15.9 Å². The van der Waals surface area contributed by atoms with Crippen LogP contribution in [0.5, 0.6) is 0 Å². The number of hydrogen-bond acceptors (Lipinski definition) is 4. The zero-order chi connectivity index (χ0) is 23.8. The number of sulfonamides is 1. The van der Waals surface area contributed by atoms with Gasteiger partial charge in [0.05, 0.1) is 24.6 Å². The van der Waals surface area contributed by atoms with Gasteiger partial charge in [-0.1, -0.05) is 39.0 Å². The lowest BCUT2D eigenvalue weighted by molar-refractivity contribution is -0.123. The normalized spacial score (nSPS) is 19.3. The third kappa shape index (κ3) is 5.66. The second-order valence-electron chi connectivity index (χ2n) is 9.62. The minimum absolute atomic E-state index is 0.0000537. The third-order valence-corrected chi connectivity index (χ3v) is 6.40. The molecule has 3 rings (SSSR count). The summed E-state index contributed by atoms with van der Waals surface area (Å²) >= 11 is 0. The lowest BCUT2D eigenvalue weighted by Crippen LogP contribution is -2.28. The van der Waals surface area contributed by atoms with Gasteiger partial charge in [0.15, 0.2) is 0 Å². The van der Waals surface area contributed by atoms with E-state index >= 15 is 0 Å². The van der Waals surface area contributed by atoms with Crippen molar-refractivity contribution >= 4 is 21.6 Å². The monoisotopic (exact) mass is 462 g/mol. The SMILES string of the molecule is CC(NC(=O)C1CC1c1ccc(C(C)(C)C)c(F)c1)c1ccc(NS(C)(=O)=O)c(CO)c1. The fourth-order valence-electron chi connectivity index (χ4n) is 3.94. The molecule has 0 spiro atoms. The highest BCUT2D eigenvalue weighted by Crippen LogP contribution is 2.48. The molecule has 3 unspecified atom stereocenters. The highest BCUT2D eigenvalue weighted by molar-refractivity contribution is 7.92. The maximum absolute atomic E-state index is 14.5. The Morgan fingerprint density at radius 3 is 2.47 bits per heavy atom. The Kier molecular flexibility index (Phi) is 6.67. The topological polar surface area (TPSA) is 95.5 Å². The van der Waals surface area contributed by atoms with Crippen LogP contribution >= 0.6 is 0 Å². The van der Waals surface area contributed by atoms with Crippen molar-refractivity contribution in [3.63, 3.8) is 0 Å². The summed E-state index contributed by atoms with van der Waals surface area (Å²) in [5.41, 5.74) is 2.69. The van der Waals surface area contributed by atoms with Crippen molar-refractivity contribution < 1.29 is 22.7 Å². The molecule has 1 amide bonds. The predicted octanol–water partition coefficient (Wildman–Crippen LogP) is 3.97. The lowest BCUT2D eigenvalue weighted by Gasteiger charge is -2.20. The average molecular weight is 463 g/mol.